The van der Waals surface area contributed by atoms with Gasteiger partial charge in [0.2, 0.25) is 0 Å². The molecule has 1 heterocycles. The van der Waals surface area contributed by atoms with Crippen LogP contribution in [0.1, 0.15) is 5.56 Å². The number of amides is 2. The zero-order valence-electron chi connectivity index (χ0n) is 9.02. The summed E-state index contributed by atoms with van der Waals surface area (Å²) >= 11 is 0.874. The number of hydrogen-bond acceptors (Lipinski definition) is 5. The first-order valence-corrected chi connectivity index (χ1v) is 5.60. The maximum Gasteiger partial charge on any atom is 0.290 e. The zero-order valence-corrected chi connectivity index (χ0v) is 9.84. The van der Waals surface area contributed by atoms with Crippen molar-refractivity contribution in [2.24, 2.45) is 0 Å². The number of thioether (sulfide) groups is 1. The number of rotatable bonds is 2. The number of methoxy groups -OCH3 is 1. The fraction of sp³-hybridized carbons (Fsp3) is 0.0909. The summed E-state index contributed by atoms with van der Waals surface area (Å²) in [5.41, 5.74) is 6.97. The summed E-state index contributed by atoms with van der Waals surface area (Å²) < 4.78 is 5.02. The fourth-order valence-corrected chi connectivity index (χ4v) is 2.10. The van der Waals surface area contributed by atoms with Gasteiger partial charge in [0.1, 0.15) is 5.75 Å². The number of carbonyl (C=O) groups excluding carboxylic acids is 2. The molecule has 0 radical (unpaired) electrons. The van der Waals surface area contributed by atoms with Crippen molar-refractivity contribution in [1.82, 2.24) is 5.32 Å². The zero-order chi connectivity index (χ0) is 12.4. The number of ether oxygens (including phenoxy) is 1. The lowest BCUT2D eigenvalue weighted by molar-refractivity contribution is -0.115. The van der Waals surface area contributed by atoms with Crippen LogP contribution in [-0.4, -0.2) is 18.3 Å². The van der Waals surface area contributed by atoms with Crippen LogP contribution in [0.2, 0.25) is 0 Å². The Kier molecular flexibility index (Phi) is 3.06. The van der Waals surface area contributed by atoms with Gasteiger partial charge in [-0.05, 0) is 35.5 Å². The van der Waals surface area contributed by atoms with Crippen LogP contribution in [0.4, 0.5) is 10.5 Å². The van der Waals surface area contributed by atoms with Crippen molar-refractivity contribution < 1.29 is 14.3 Å². The Morgan fingerprint density at radius 1 is 1.41 bits per heavy atom. The van der Waals surface area contributed by atoms with Crippen LogP contribution >= 0.6 is 11.8 Å². The normalized spacial score (nSPS) is 17.4. The Hall–Kier alpha value is -1.95. The lowest BCUT2D eigenvalue weighted by Crippen LogP contribution is -2.17. The van der Waals surface area contributed by atoms with Crippen molar-refractivity contribution in [3.63, 3.8) is 0 Å². The van der Waals surface area contributed by atoms with E-state index < -0.39 is 0 Å². The van der Waals surface area contributed by atoms with E-state index in [9.17, 15) is 9.59 Å². The van der Waals surface area contributed by atoms with Gasteiger partial charge in [0.25, 0.3) is 11.1 Å². The number of hydrogen-bond donors (Lipinski definition) is 2. The third kappa shape index (κ3) is 2.42. The topological polar surface area (TPSA) is 81.4 Å². The number of nitrogens with one attached hydrogen (secondary N) is 1. The largest absolute Gasteiger partial charge is 0.495 e. The second-order valence-corrected chi connectivity index (χ2v) is 4.37. The van der Waals surface area contributed by atoms with Gasteiger partial charge < -0.3 is 10.5 Å². The molecule has 0 aliphatic carbocycles. The van der Waals surface area contributed by atoms with E-state index in [1.807, 2.05) is 0 Å². The average molecular weight is 250 g/mol. The maximum atomic E-state index is 11.3. The molecule has 6 heteroatoms. The van der Waals surface area contributed by atoms with Crippen molar-refractivity contribution >= 4 is 34.7 Å². The second kappa shape index (κ2) is 4.50. The highest BCUT2D eigenvalue weighted by Crippen LogP contribution is 2.28. The van der Waals surface area contributed by atoms with Gasteiger partial charge in [0, 0.05) is 0 Å². The van der Waals surface area contributed by atoms with Crippen molar-refractivity contribution in [2.45, 2.75) is 0 Å². The van der Waals surface area contributed by atoms with Gasteiger partial charge in [-0.1, -0.05) is 6.07 Å². The summed E-state index contributed by atoms with van der Waals surface area (Å²) in [4.78, 5) is 22.6. The highest BCUT2D eigenvalue weighted by molar-refractivity contribution is 8.18. The molecule has 1 aliphatic rings. The number of nitrogens with two attached hydrogens (primary N) is 1. The molecule has 2 rings (SSSR count). The summed E-state index contributed by atoms with van der Waals surface area (Å²) in [6.45, 7) is 0. The van der Waals surface area contributed by atoms with Gasteiger partial charge in [0.15, 0.2) is 0 Å². The molecule has 1 aromatic carbocycles. The Labute approximate surface area is 102 Å². The van der Waals surface area contributed by atoms with E-state index in [1.54, 1.807) is 24.3 Å². The van der Waals surface area contributed by atoms with E-state index in [2.05, 4.69) is 5.32 Å². The molecule has 88 valence electrons. The molecular weight excluding hydrogens is 240 g/mol. The Balaban J connectivity index is 2.30. The lowest BCUT2D eigenvalue weighted by atomic mass is 10.1. The molecule has 0 saturated carbocycles. The predicted octanol–water partition coefficient (Wildman–Crippen LogP) is 1.60. The van der Waals surface area contributed by atoms with E-state index in [0.717, 1.165) is 17.3 Å². The summed E-state index contributed by atoms with van der Waals surface area (Å²) in [5.74, 6) is 0.196. The standard InChI is InChI=1S/C11H10N2O3S/c1-16-8-3-2-6(4-7(8)12)5-9-10(14)13-11(15)17-9/h2-5H,12H2,1H3,(H,13,14,15)/b9-5-. The molecule has 1 saturated heterocycles. The second-order valence-electron chi connectivity index (χ2n) is 3.35. The van der Waals surface area contributed by atoms with E-state index in [-0.39, 0.29) is 11.1 Å². The Morgan fingerprint density at radius 2 is 2.18 bits per heavy atom. The van der Waals surface area contributed by atoms with E-state index in [1.165, 1.54) is 7.11 Å². The summed E-state index contributed by atoms with van der Waals surface area (Å²) in [6, 6.07) is 5.16. The van der Waals surface area contributed by atoms with Crippen LogP contribution in [0.5, 0.6) is 5.75 Å². The third-order valence-corrected chi connectivity index (χ3v) is 3.00. The van der Waals surface area contributed by atoms with Gasteiger partial charge in [0.05, 0.1) is 17.7 Å². The fourth-order valence-electron chi connectivity index (χ4n) is 1.42. The van der Waals surface area contributed by atoms with Crippen molar-refractivity contribution in [3.05, 3.63) is 28.7 Å². The number of carbonyl (C=O) groups is 2. The van der Waals surface area contributed by atoms with Gasteiger partial charge >= 0.3 is 0 Å². The Bertz CT molecular complexity index is 525. The van der Waals surface area contributed by atoms with Crippen molar-refractivity contribution in [1.29, 1.82) is 0 Å². The van der Waals surface area contributed by atoms with Gasteiger partial charge in [-0.2, -0.15) is 0 Å². The van der Waals surface area contributed by atoms with Crippen molar-refractivity contribution in [2.75, 3.05) is 12.8 Å². The first-order valence-electron chi connectivity index (χ1n) is 4.78. The number of anilines is 1. The van der Waals surface area contributed by atoms with Crippen LogP contribution in [0.3, 0.4) is 0 Å². The molecule has 5 nitrogen and oxygen atoms in total. The molecule has 0 atom stereocenters. The van der Waals surface area contributed by atoms with Gasteiger partial charge in [-0.25, -0.2) is 0 Å². The van der Waals surface area contributed by atoms with E-state index >= 15 is 0 Å². The molecule has 3 N–H and O–H groups in total. The molecule has 1 fully saturated rings. The predicted molar refractivity (Wildman–Crippen MR) is 66.5 cm³/mol. The quantitative estimate of drug-likeness (QED) is 0.615. The molecule has 0 spiro atoms. The highest BCUT2D eigenvalue weighted by Gasteiger charge is 2.24. The van der Waals surface area contributed by atoms with Crippen LogP contribution in [0, 0.1) is 0 Å². The van der Waals surface area contributed by atoms with E-state index in [4.69, 9.17) is 10.5 Å². The molecular formula is C11H10N2O3S. The summed E-state index contributed by atoms with van der Waals surface area (Å²) in [7, 11) is 1.53. The number of nitrogen functional groups attached to an aromatic ring is 1. The van der Waals surface area contributed by atoms with E-state index in [0.29, 0.717) is 16.3 Å². The van der Waals surface area contributed by atoms with Crippen LogP contribution in [-0.2, 0) is 4.79 Å². The SMILES string of the molecule is COc1ccc(/C=C2\SC(=O)NC2=O)cc1N. The van der Waals surface area contributed by atoms with Gasteiger partial charge in [-0.15, -0.1) is 0 Å². The molecule has 0 aromatic heterocycles. The summed E-state index contributed by atoms with van der Waals surface area (Å²) in [5, 5.41) is 1.83. The van der Waals surface area contributed by atoms with Crippen LogP contribution < -0.4 is 15.8 Å². The molecule has 2 amide bonds. The molecule has 0 bridgehead atoms. The van der Waals surface area contributed by atoms with Crippen LogP contribution in [0.25, 0.3) is 6.08 Å². The molecule has 17 heavy (non-hydrogen) atoms. The highest BCUT2D eigenvalue weighted by atomic mass is 32.2. The third-order valence-electron chi connectivity index (χ3n) is 2.19. The first kappa shape index (κ1) is 11.5. The minimum absolute atomic E-state index is 0.359. The first-order chi connectivity index (χ1) is 8.10. The monoisotopic (exact) mass is 250 g/mol. The minimum Gasteiger partial charge on any atom is -0.495 e. The average Bonchev–Trinajstić information content (AvgIpc) is 2.58. The number of benzene rings is 1. The number of imide groups is 1. The maximum absolute atomic E-state index is 11.3. The van der Waals surface area contributed by atoms with Gasteiger partial charge in [-0.3, -0.25) is 14.9 Å². The minimum atomic E-state index is -0.380. The smallest absolute Gasteiger partial charge is 0.290 e. The molecule has 0 unspecified atom stereocenters. The Morgan fingerprint density at radius 3 is 2.71 bits per heavy atom. The lowest BCUT2D eigenvalue weighted by Gasteiger charge is -2.04. The van der Waals surface area contributed by atoms with Crippen LogP contribution in [0.15, 0.2) is 23.1 Å². The van der Waals surface area contributed by atoms with Crippen molar-refractivity contribution in [3.8, 4) is 5.75 Å². The molecule has 1 aliphatic heterocycles. The molecule has 1 aromatic rings. The summed E-state index contributed by atoms with van der Waals surface area (Å²) in [6.07, 6.45) is 1.61.